The van der Waals surface area contributed by atoms with Gasteiger partial charge in [-0.3, -0.25) is 9.59 Å². The summed E-state index contributed by atoms with van der Waals surface area (Å²) < 4.78 is 0. The van der Waals surface area contributed by atoms with Crippen molar-refractivity contribution in [1.82, 2.24) is 5.32 Å². The first kappa shape index (κ1) is 16.2. The van der Waals surface area contributed by atoms with Crippen LogP contribution in [0.25, 0.3) is 0 Å². The van der Waals surface area contributed by atoms with E-state index in [0.29, 0.717) is 12.1 Å². The summed E-state index contributed by atoms with van der Waals surface area (Å²) in [6.45, 7) is 2.58. The Bertz CT molecular complexity index is 734. The quantitative estimate of drug-likeness (QED) is 0.855. The highest BCUT2D eigenvalue weighted by molar-refractivity contribution is 6.04. The molecule has 0 heterocycles. The molecule has 1 saturated carbocycles. The Hall–Kier alpha value is -2.62. The number of hydrogen-bond donors (Lipinski definition) is 2. The molecule has 24 heavy (non-hydrogen) atoms. The van der Waals surface area contributed by atoms with Crippen LogP contribution in [0.1, 0.15) is 41.3 Å². The molecule has 4 heteroatoms. The Morgan fingerprint density at radius 1 is 1.04 bits per heavy atom. The number of rotatable bonds is 6. The highest BCUT2D eigenvalue weighted by Crippen LogP contribution is 2.28. The molecule has 124 valence electrons. The Kier molecular flexibility index (Phi) is 4.94. The van der Waals surface area contributed by atoms with Gasteiger partial charge in [-0.2, -0.15) is 0 Å². The fourth-order valence-corrected chi connectivity index (χ4v) is 2.60. The molecule has 0 spiro atoms. The van der Waals surface area contributed by atoms with Gasteiger partial charge < -0.3 is 10.6 Å². The highest BCUT2D eigenvalue weighted by atomic mass is 16.2. The van der Waals surface area contributed by atoms with Crippen molar-refractivity contribution < 1.29 is 9.59 Å². The largest absolute Gasteiger partial charge is 0.352 e. The number of benzene rings is 2. The predicted octanol–water partition coefficient (Wildman–Crippen LogP) is 3.53. The maximum absolute atomic E-state index is 12.4. The highest BCUT2D eigenvalue weighted by Gasteiger charge is 2.29. The van der Waals surface area contributed by atoms with Crippen LogP contribution in [0.4, 0.5) is 5.69 Å². The Balaban J connectivity index is 1.60. The van der Waals surface area contributed by atoms with Crippen LogP contribution in [-0.4, -0.2) is 11.8 Å². The van der Waals surface area contributed by atoms with Gasteiger partial charge in [-0.05, 0) is 48.6 Å². The molecule has 1 aliphatic carbocycles. The zero-order valence-electron chi connectivity index (χ0n) is 13.8. The maximum Gasteiger partial charge on any atom is 0.255 e. The average Bonchev–Trinajstić information content (AvgIpc) is 3.45. The number of nitrogens with one attached hydrogen (secondary N) is 2. The van der Waals surface area contributed by atoms with Crippen molar-refractivity contribution in [2.24, 2.45) is 5.92 Å². The van der Waals surface area contributed by atoms with Gasteiger partial charge in [-0.1, -0.05) is 37.3 Å². The van der Waals surface area contributed by atoms with Crippen molar-refractivity contribution in [3.8, 4) is 0 Å². The van der Waals surface area contributed by atoms with E-state index in [-0.39, 0.29) is 17.7 Å². The maximum atomic E-state index is 12.4. The second-order valence-electron chi connectivity index (χ2n) is 6.15. The lowest BCUT2D eigenvalue weighted by Gasteiger charge is -2.10. The molecule has 0 atom stereocenters. The minimum absolute atomic E-state index is 0.121. The number of anilines is 1. The van der Waals surface area contributed by atoms with Crippen LogP contribution < -0.4 is 10.6 Å². The van der Waals surface area contributed by atoms with Crippen LogP contribution in [0.15, 0.2) is 48.5 Å². The Labute approximate surface area is 142 Å². The third kappa shape index (κ3) is 4.02. The van der Waals surface area contributed by atoms with E-state index in [0.717, 1.165) is 36.1 Å². The van der Waals surface area contributed by atoms with Gasteiger partial charge in [0.25, 0.3) is 5.91 Å². The molecule has 0 aliphatic heterocycles. The van der Waals surface area contributed by atoms with Crippen molar-refractivity contribution in [3.63, 3.8) is 0 Å². The monoisotopic (exact) mass is 322 g/mol. The van der Waals surface area contributed by atoms with E-state index in [2.05, 4.69) is 17.6 Å². The second kappa shape index (κ2) is 7.30. The smallest absolute Gasteiger partial charge is 0.255 e. The van der Waals surface area contributed by atoms with Crippen LogP contribution in [-0.2, 0) is 17.8 Å². The van der Waals surface area contributed by atoms with Crippen LogP contribution in [0.3, 0.4) is 0 Å². The molecule has 0 radical (unpaired) electrons. The van der Waals surface area contributed by atoms with E-state index in [4.69, 9.17) is 0 Å². The summed E-state index contributed by atoms with van der Waals surface area (Å²) in [5, 5.41) is 5.89. The van der Waals surface area contributed by atoms with E-state index in [1.165, 1.54) is 0 Å². The van der Waals surface area contributed by atoms with E-state index in [1.807, 2.05) is 36.4 Å². The third-order valence-electron chi connectivity index (χ3n) is 4.28. The molecule has 0 aromatic heterocycles. The Morgan fingerprint density at radius 2 is 1.75 bits per heavy atom. The van der Waals surface area contributed by atoms with Gasteiger partial charge in [0.1, 0.15) is 0 Å². The molecule has 1 aliphatic rings. The fourth-order valence-electron chi connectivity index (χ4n) is 2.60. The molecule has 0 bridgehead atoms. The van der Waals surface area contributed by atoms with Gasteiger partial charge in [-0.25, -0.2) is 0 Å². The van der Waals surface area contributed by atoms with Crippen molar-refractivity contribution in [2.45, 2.75) is 32.7 Å². The summed E-state index contributed by atoms with van der Waals surface area (Å²) in [4.78, 5) is 24.0. The molecule has 4 nitrogen and oxygen atoms in total. The van der Waals surface area contributed by atoms with E-state index in [1.54, 1.807) is 12.1 Å². The van der Waals surface area contributed by atoms with Crippen molar-refractivity contribution >= 4 is 17.5 Å². The third-order valence-corrected chi connectivity index (χ3v) is 4.28. The van der Waals surface area contributed by atoms with E-state index in [9.17, 15) is 9.59 Å². The lowest BCUT2D eigenvalue weighted by Crippen LogP contribution is -2.24. The standard InChI is InChI=1S/C20H22N2O2/c1-2-15-5-3-4-6-18(15)22-20(24)17-9-7-14(8-10-17)13-21-19(23)16-11-12-16/h3-10,16H,2,11-13H2,1H3,(H,21,23)(H,22,24). The van der Waals surface area contributed by atoms with Gasteiger partial charge in [0.2, 0.25) is 5.91 Å². The number of para-hydroxylation sites is 1. The SMILES string of the molecule is CCc1ccccc1NC(=O)c1ccc(CNC(=O)C2CC2)cc1. The Morgan fingerprint density at radius 3 is 2.42 bits per heavy atom. The number of aryl methyl sites for hydroxylation is 1. The fraction of sp³-hybridized carbons (Fsp3) is 0.300. The van der Waals surface area contributed by atoms with Crippen LogP contribution >= 0.6 is 0 Å². The number of hydrogen-bond acceptors (Lipinski definition) is 2. The predicted molar refractivity (Wildman–Crippen MR) is 94.8 cm³/mol. The van der Waals surface area contributed by atoms with Crippen LogP contribution in [0, 0.1) is 5.92 Å². The molecule has 1 fully saturated rings. The van der Waals surface area contributed by atoms with Gasteiger partial charge in [0, 0.05) is 23.7 Å². The first-order valence-electron chi connectivity index (χ1n) is 8.43. The van der Waals surface area contributed by atoms with Gasteiger partial charge in [0.05, 0.1) is 0 Å². The molecule has 0 unspecified atom stereocenters. The molecule has 0 saturated heterocycles. The zero-order valence-corrected chi connectivity index (χ0v) is 13.8. The molecule has 3 rings (SSSR count). The van der Waals surface area contributed by atoms with Crippen molar-refractivity contribution in [3.05, 3.63) is 65.2 Å². The number of carbonyl (C=O) groups is 2. The molecular weight excluding hydrogens is 300 g/mol. The molecular formula is C20H22N2O2. The zero-order chi connectivity index (χ0) is 16.9. The summed E-state index contributed by atoms with van der Waals surface area (Å²) in [6, 6.07) is 15.2. The second-order valence-corrected chi connectivity index (χ2v) is 6.15. The van der Waals surface area contributed by atoms with Gasteiger partial charge in [-0.15, -0.1) is 0 Å². The first-order valence-corrected chi connectivity index (χ1v) is 8.43. The van der Waals surface area contributed by atoms with E-state index < -0.39 is 0 Å². The van der Waals surface area contributed by atoms with Gasteiger partial charge >= 0.3 is 0 Å². The molecule has 2 N–H and O–H groups in total. The molecule has 2 aromatic carbocycles. The summed E-state index contributed by atoms with van der Waals surface area (Å²) in [5.41, 5.74) is 3.57. The lowest BCUT2D eigenvalue weighted by molar-refractivity contribution is -0.122. The summed E-state index contributed by atoms with van der Waals surface area (Å²) >= 11 is 0. The minimum Gasteiger partial charge on any atom is -0.352 e. The lowest BCUT2D eigenvalue weighted by atomic mass is 10.1. The minimum atomic E-state index is -0.121. The van der Waals surface area contributed by atoms with Crippen molar-refractivity contribution in [2.75, 3.05) is 5.32 Å². The van der Waals surface area contributed by atoms with Gasteiger partial charge in [0.15, 0.2) is 0 Å². The normalized spacial score (nSPS) is 13.4. The van der Waals surface area contributed by atoms with E-state index >= 15 is 0 Å². The van der Waals surface area contributed by atoms with Crippen molar-refractivity contribution in [1.29, 1.82) is 0 Å². The topological polar surface area (TPSA) is 58.2 Å². The summed E-state index contributed by atoms with van der Waals surface area (Å²) in [7, 11) is 0. The summed E-state index contributed by atoms with van der Waals surface area (Å²) in [6.07, 6.45) is 2.88. The van der Waals surface area contributed by atoms with Crippen LogP contribution in [0.5, 0.6) is 0 Å². The number of carbonyl (C=O) groups excluding carboxylic acids is 2. The number of amides is 2. The first-order chi connectivity index (χ1) is 11.7. The van der Waals surface area contributed by atoms with Crippen LogP contribution in [0.2, 0.25) is 0 Å². The molecule has 2 aromatic rings. The average molecular weight is 322 g/mol. The molecule has 2 amide bonds. The summed E-state index contributed by atoms with van der Waals surface area (Å²) in [5.74, 6) is 0.228.